The highest BCUT2D eigenvalue weighted by Crippen LogP contribution is 2.20. The summed E-state index contributed by atoms with van der Waals surface area (Å²) in [5.74, 6) is 0. The first kappa shape index (κ1) is 3.16. The normalized spacial score (nSPS) is 22.4. The second-order valence-electron chi connectivity index (χ2n) is 1.36. The zero-order chi connectivity index (χ0) is 3.70. The molecule has 0 aromatic heterocycles. The van der Waals surface area contributed by atoms with Gasteiger partial charge in [0.25, 0.3) is 0 Å². The highest BCUT2D eigenvalue weighted by molar-refractivity contribution is 6.74. The molecule has 0 unspecified atom stereocenters. The summed E-state index contributed by atoms with van der Waals surface area (Å²) >= 11 is 0. The molecule has 1 aliphatic heterocycles. The van der Waals surface area contributed by atoms with Gasteiger partial charge in [-0.1, -0.05) is 12.1 Å². The maximum atomic E-state index is 3.67. The SMILES string of the molecule is C=C[Si]1CC1. The Labute approximate surface area is 34.1 Å². The molecule has 0 atom stereocenters. The molecular formula is C4H7Si. The van der Waals surface area contributed by atoms with Gasteiger partial charge in [-0.2, -0.15) is 0 Å². The largest absolute Gasteiger partial charge is 0.107 e. The van der Waals surface area contributed by atoms with Gasteiger partial charge in [0.05, 0.1) is 8.80 Å². The van der Waals surface area contributed by atoms with Crippen LogP contribution in [-0.4, -0.2) is 8.80 Å². The second-order valence-corrected chi connectivity index (χ2v) is 4.09. The molecule has 0 aliphatic carbocycles. The first-order chi connectivity index (χ1) is 2.43. The lowest BCUT2D eigenvalue weighted by Crippen LogP contribution is -1.70. The standard InChI is InChI=1S/C4H7Si/c1-2-5-3-4-5/h2H,1,3-4H2. The van der Waals surface area contributed by atoms with Crippen molar-refractivity contribution in [2.75, 3.05) is 0 Å². The van der Waals surface area contributed by atoms with E-state index in [1.807, 2.05) is 0 Å². The van der Waals surface area contributed by atoms with Gasteiger partial charge in [-0.25, -0.2) is 0 Å². The summed E-state index contributed by atoms with van der Waals surface area (Å²) in [6.07, 6.45) is 0. The van der Waals surface area contributed by atoms with Crippen LogP contribution in [0.3, 0.4) is 0 Å². The summed E-state index contributed by atoms with van der Waals surface area (Å²) in [6.45, 7) is 3.67. The van der Waals surface area contributed by atoms with Crippen LogP contribution in [0.25, 0.3) is 0 Å². The molecule has 5 heavy (non-hydrogen) atoms. The molecule has 1 heterocycles. The third-order valence-corrected chi connectivity index (χ3v) is 2.48. The molecule has 0 aromatic rings. The molecule has 0 aromatic carbocycles. The topological polar surface area (TPSA) is 0 Å². The molecule has 27 valence electrons. The van der Waals surface area contributed by atoms with E-state index >= 15 is 0 Å². The van der Waals surface area contributed by atoms with Crippen LogP contribution in [0.2, 0.25) is 12.1 Å². The Morgan fingerprint density at radius 2 is 2.20 bits per heavy atom. The number of hydrogen-bond acceptors (Lipinski definition) is 0. The van der Waals surface area contributed by atoms with E-state index in [0.29, 0.717) is 0 Å². The molecule has 1 fully saturated rings. The van der Waals surface area contributed by atoms with Crippen molar-refractivity contribution < 1.29 is 0 Å². The highest BCUT2D eigenvalue weighted by atomic mass is 28.3. The predicted molar refractivity (Wildman–Crippen MR) is 25.6 cm³/mol. The average molecular weight is 83.2 g/mol. The molecule has 0 saturated carbocycles. The van der Waals surface area contributed by atoms with E-state index < -0.39 is 0 Å². The molecule has 0 nitrogen and oxygen atoms in total. The van der Waals surface area contributed by atoms with Crippen molar-refractivity contribution in [1.82, 2.24) is 0 Å². The summed E-state index contributed by atoms with van der Waals surface area (Å²) in [6, 6.07) is 2.99. The van der Waals surface area contributed by atoms with E-state index in [4.69, 9.17) is 0 Å². The van der Waals surface area contributed by atoms with Crippen LogP contribution in [0.4, 0.5) is 0 Å². The molecule has 0 spiro atoms. The van der Waals surface area contributed by atoms with E-state index in [1.165, 1.54) is 12.1 Å². The van der Waals surface area contributed by atoms with Gasteiger partial charge in [0.1, 0.15) is 0 Å². The fourth-order valence-electron chi connectivity index (χ4n) is 0.276. The summed E-state index contributed by atoms with van der Waals surface area (Å²) in [5, 5.41) is 0. The molecule has 1 heteroatoms. The Bertz CT molecular complexity index is 45.6. The van der Waals surface area contributed by atoms with Crippen LogP contribution >= 0.6 is 0 Å². The van der Waals surface area contributed by atoms with Crippen LogP contribution in [0.1, 0.15) is 0 Å². The van der Waals surface area contributed by atoms with Crippen LogP contribution in [-0.2, 0) is 0 Å². The van der Waals surface area contributed by atoms with Crippen molar-refractivity contribution in [2.24, 2.45) is 0 Å². The van der Waals surface area contributed by atoms with Crippen molar-refractivity contribution in [2.45, 2.75) is 12.1 Å². The first-order valence-corrected chi connectivity index (χ1v) is 3.90. The zero-order valence-corrected chi connectivity index (χ0v) is 4.20. The lowest BCUT2D eigenvalue weighted by molar-refractivity contribution is 1.69. The minimum atomic E-state index is 0.140. The van der Waals surface area contributed by atoms with Crippen molar-refractivity contribution in [3.05, 3.63) is 12.3 Å². The lowest BCUT2D eigenvalue weighted by Gasteiger charge is -1.59. The van der Waals surface area contributed by atoms with Gasteiger partial charge in [-0.15, -0.1) is 12.3 Å². The Balaban J connectivity index is 2.21. The van der Waals surface area contributed by atoms with Crippen molar-refractivity contribution in [1.29, 1.82) is 0 Å². The van der Waals surface area contributed by atoms with Crippen LogP contribution in [0.5, 0.6) is 0 Å². The van der Waals surface area contributed by atoms with Gasteiger partial charge in [0.2, 0.25) is 0 Å². The highest BCUT2D eigenvalue weighted by Gasteiger charge is 2.18. The van der Waals surface area contributed by atoms with Gasteiger partial charge in [0, 0.05) is 0 Å². The summed E-state index contributed by atoms with van der Waals surface area (Å²) < 4.78 is 0. The molecule has 1 radical (unpaired) electrons. The number of hydrogen-bond donors (Lipinski definition) is 0. The third-order valence-electron chi connectivity index (χ3n) is 0.827. The first-order valence-electron chi connectivity index (χ1n) is 1.90. The smallest absolute Gasteiger partial charge is 0.0744 e. The lowest BCUT2D eigenvalue weighted by atomic mass is 11.0. The van der Waals surface area contributed by atoms with E-state index in [2.05, 4.69) is 12.3 Å². The Hall–Kier alpha value is -0.0431. The van der Waals surface area contributed by atoms with Crippen LogP contribution in [0.15, 0.2) is 12.3 Å². The van der Waals surface area contributed by atoms with Crippen LogP contribution in [0, 0.1) is 0 Å². The minimum absolute atomic E-state index is 0.140. The van der Waals surface area contributed by atoms with Gasteiger partial charge < -0.3 is 0 Å². The molecule has 1 rings (SSSR count). The third kappa shape index (κ3) is 0.617. The molecule has 0 N–H and O–H groups in total. The molecule has 1 aliphatic rings. The van der Waals surface area contributed by atoms with E-state index in [9.17, 15) is 0 Å². The maximum absolute atomic E-state index is 3.67. The molecule has 0 bridgehead atoms. The summed E-state index contributed by atoms with van der Waals surface area (Å²) in [4.78, 5) is 0. The number of rotatable bonds is 1. The van der Waals surface area contributed by atoms with E-state index in [-0.39, 0.29) is 8.80 Å². The van der Waals surface area contributed by atoms with Gasteiger partial charge in [-0.3, -0.25) is 0 Å². The average Bonchev–Trinajstić information content (AvgIpc) is 2.12. The second kappa shape index (κ2) is 0.975. The predicted octanol–water partition coefficient (Wildman–Crippen LogP) is 1.22. The van der Waals surface area contributed by atoms with Gasteiger partial charge >= 0.3 is 0 Å². The van der Waals surface area contributed by atoms with Gasteiger partial charge in [0.15, 0.2) is 0 Å². The van der Waals surface area contributed by atoms with Gasteiger partial charge in [-0.05, 0) is 0 Å². The monoisotopic (exact) mass is 83.0 g/mol. The van der Waals surface area contributed by atoms with Crippen molar-refractivity contribution in [3.63, 3.8) is 0 Å². The fraction of sp³-hybridized carbons (Fsp3) is 0.500. The zero-order valence-electron chi connectivity index (χ0n) is 3.20. The molecule has 0 amide bonds. The Kier molecular flexibility index (Phi) is 0.616. The Morgan fingerprint density at radius 1 is 1.60 bits per heavy atom. The molecule has 1 saturated heterocycles. The van der Waals surface area contributed by atoms with E-state index in [0.717, 1.165) is 0 Å². The van der Waals surface area contributed by atoms with Crippen molar-refractivity contribution in [3.8, 4) is 0 Å². The quantitative estimate of drug-likeness (QED) is 0.418. The minimum Gasteiger partial charge on any atom is -0.107 e. The summed E-state index contributed by atoms with van der Waals surface area (Å²) in [5.41, 5.74) is 2.13. The fourth-order valence-corrected chi connectivity index (χ4v) is 1.26. The van der Waals surface area contributed by atoms with Crippen LogP contribution < -0.4 is 0 Å². The maximum Gasteiger partial charge on any atom is 0.0744 e. The molecular weight excluding hydrogens is 76.1 g/mol. The Morgan fingerprint density at radius 3 is 2.20 bits per heavy atom. The summed E-state index contributed by atoms with van der Waals surface area (Å²) in [7, 11) is 0.140. The van der Waals surface area contributed by atoms with Crippen molar-refractivity contribution >= 4 is 8.80 Å². The van der Waals surface area contributed by atoms with E-state index in [1.54, 1.807) is 0 Å².